The van der Waals surface area contributed by atoms with Crippen LogP contribution >= 0.6 is 15.9 Å². The van der Waals surface area contributed by atoms with Crippen molar-refractivity contribution in [2.24, 2.45) is 0 Å². The summed E-state index contributed by atoms with van der Waals surface area (Å²) in [5, 5.41) is 16.4. The Morgan fingerprint density at radius 2 is 1.14 bits per heavy atom. The number of aromatic nitrogens is 4. The minimum Gasteiger partial charge on any atom is -0.504 e. The van der Waals surface area contributed by atoms with Crippen LogP contribution in [0.4, 0.5) is 25.4 Å². The molecule has 4 amide bonds. The molecule has 2 saturated carbocycles. The van der Waals surface area contributed by atoms with Gasteiger partial charge in [0, 0.05) is 71.4 Å². The molecule has 0 radical (unpaired) electrons. The fourth-order valence-corrected chi connectivity index (χ4v) is 8.84. The smallest absolute Gasteiger partial charge is 0.415 e. The molecule has 2 aliphatic carbocycles. The van der Waals surface area contributed by atoms with Gasteiger partial charge in [0.05, 0.1) is 67.7 Å². The van der Waals surface area contributed by atoms with Gasteiger partial charge in [-0.05, 0) is 151 Å². The van der Waals surface area contributed by atoms with Crippen LogP contribution in [0.5, 0.6) is 17.2 Å². The number of carbonyl (C=O) groups is 4. The zero-order chi connectivity index (χ0) is 56.2. The van der Waals surface area contributed by atoms with E-state index in [0.717, 1.165) is 70.2 Å². The van der Waals surface area contributed by atoms with Gasteiger partial charge in [-0.1, -0.05) is 12.1 Å². The lowest BCUT2D eigenvalue weighted by molar-refractivity contribution is 0.0559. The maximum Gasteiger partial charge on any atom is 0.415 e. The van der Waals surface area contributed by atoms with Crippen LogP contribution in [0.15, 0.2) is 96.0 Å². The van der Waals surface area contributed by atoms with E-state index in [-0.39, 0.29) is 48.3 Å². The number of phenols is 1. The highest BCUT2D eigenvalue weighted by molar-refractivity contribution is 9.10. The second kappa shape index (κ2) is 23.6. The molecule has 3 aromatic carbocycles. The van der Waals surface area contributed by atoms with Crippen molar-refractivity contribution < 1.29 is 52.4 Å². The summed E-state index contributed by atoms with van der Waals surface area (Å²) in [5.41, 5.74) is 6.69. The summed E-state index contributed by atoms with van der Waals surface area (Å²) in [6.45, 7) is 15.6. The average molecular weight is 1130 g/mol. The third-order valence-corrected chi connectivity index (χ3v) is 12.9. The van der Waals surface area contributed by atoms with Crippen LogP contribution in [0.2, 0.25) is 0 Å². The number of aromatic hydroxyl groups is 1. The van der Waals surface area contributed by atoms with E-state index in [1.165, 1.54) is 18.1 Å². The van der Waals surface area contributed by atoms with Crippen LogP contribution in [-0.4, -0.2) is 112 Å². The minimum atomic E-state index is -0.772. The number of carbonyl (C=O) groups excluding carboxylic acids is 4. The van der Waals surface area contributed by atoms with Crippen LogP contribution in [0.1, 0.15) is 99.1 Å². The first kappa shape index (κ1) is 56.6. The number of ether oxygens (including phenoxy) is 5. The van der Waals surface area contributed by atoms with Crippen molar-refractivity contribution in [1.82, 2.24) is 29.4 Å². The fourth-order valence-electron chi connectivity index (χ4n) is 8.42. The number of methoxy groups -OCH3 is 2. The summed E-state index contributed by atoms with van der Waals surface area (Å²) in [6.07, 6.45) is 9.97. The number of imidazole rings is 2. The molecule has 7 aromatic rings. The van der Waals surface area contributed by atoms with E-state index in [9.17, 15) is 28.7 Å². The van der Waals surface area contributed by atoms with Gasteiger partial charge in [0.2, 0.25) is 0 Å². The molecule has 0 aliphatic heterocycles. The van der Waals surface area contributed by atoms with Crippen molar-refractivity contribution in [3.05, 3.63) is 124 Å². The number of fused-ring (bicyclic) bond motifs is 2. The van der Waals surface area contributed by atoms with Crippen molar-refractivity contribution in [3.8, 4) is 39.8 Å². The van der Waals surface area contributed by atoms with E-state index >= 15 is 0 Å². The maximum absolute atomic E-state index is 14.0. The predicted molar refractivity (Wildman–Crippen MR) is 298 cm³/mol. The second-order valence-electron chi connectivity index (χ2n) is 21.3. The Morgan fingerprint density at radius 1 is 0.679 bits per heavy atom. The SMILES string of the molecule is COCCN(C(=O)OC(C)(C)C)c1cc(Br)cn2c(-c3ccc(C(=O)NC4CC4)c(C)c3)cnc12.COCCN(C(=O)OC(C)(C)C)c1cc(Oc2cc(F)ccc2O)cn2c(-c3ccc(C(=O)NC4CC4)c(C)c3)cnc12. The largest absolute Gasteiger partial charge is 0.504 e. The highest BCUT2D eigenvalue weighted by Gasteiger charge is 2.30. The monoisotopic (exact) mass is 1130 g/mol. The number of pyridine rings is 2. The Bertz CT molecular complexity index is 3380. The van der Waals surface area contributed by atoms with Gasteiger partial charge in [0.15, 0.2) is 22.8 Å². The van der Waals surface area contributed by atoms with E-state index in [2.05, 4.69) is 36.5 Å². The van der Waals surface area contributed by atoms with Crippen molar-refractivity contribution in [1.29, 1.82) is 0 Å². The number of benzene rings is 3. The topological polar surface area (TPSA) is 200 Å². The van der Waals surface area contributed by atoms with E-state index in [4.69, 9.17) is 23.7 Å². The van der Waals surface area contributed by atoms with Gasteiger partial charge in [-0.3, -0.25) is 28.2 Å². The van der Waals surface area contributed by atoms with Gasteiger partial charge < -0.3 is 39.4 Å². The van der Waals surface area contributed by atoms with Crippen LogP contribution in [0, 0.1) is 19.7 Å². The van der Waals surface area contributed by atoms with E-state index in [1.807, 2.05) is 81.6 Å². The van der Waals surface area contributed by atoms with Crippen LogP contribution < -0.4 is 25.2 Å². The molecule has 4 heterocycles. The van der Waals surface area contributed by atoms with Crippen molar-refractivity contribution in [2.45, 2.75) is 104 Å². The molecular weight excluding hydrogens is 1070 g/mol. The third kappa shape index (κ3) is 13.9. The lowest BCUT2D eigenvalue weighted by Gasteiger charge is -2.28. The molecule has 4 aromatic heterocycles. The lowest BCUT2D eigenvalue weighted by atomic mass is 10.0. The molecule has 0 saturated heterocycles. The number of halogens is 2. The number of hydrogen-bond donors (Lipinski definition) is 3. The number of rotatable bonds is 16. The van der Waals surface area contributed by atoms with Gasteiger partial charge in [-0.25, -0.2) is 23.9 Å². The van der Waals surface area contributed by atoms with Crippen molar-refractivity contribution >= 4 is 62.6 Å². The van der Waals surface area contributed by atoms with Crippen molar-refractivity contribution in [3.63, 3.8) is 0 Å². The Balaban J connectivity index is 0.000000210. The fraction of sp³-hybridized carbons (Fsp3) is 0.379. The van der Waals surface area contributed by atoms with E-state index < -0.39 is 29.2 Å². The first-order valence-corrected chi connectivity index (χ1v) is 26.5. The molecule has 2 aliphatic rings. The minimum absolute atomic E-state index is 0.0362. The second-order valence-corrected chi connectivity index (χ2v) is 22.2. The summed E-state index contributed by atoms with van der Waals surface area (Å²) < 4.78 is 46.3. The van der Waals surface area contributed by atoms with Gasteiger partial charge >= 0.3 is 12.2 Å². The average Bonchev–Trinajstić information content (AvgIpc) is 4.30. The maximum atomic E-state index is 14.0. The number of phenolic OH excluding ortho intramolecular Hbond substituents is 1. The summed E-state index contributed by atoms with van der Waals surface area (Å²) >= 11 is 3.58. The highest BCUT2D eigenvalue weighted by atomic mass is 79.9. The number of nitrogens with zero attached hydrogens (tertiary/aromatic N) is 6. The number of nitrogens with one attached hydrogen (secondary N) is 2. The number of hydrogen-bond acceptors (Lipinski definition) is 12. The molecule has 0 bridgehead atoms. The zero-order valence-corrected chi connectivity index (χ0v) is 47.1. The summed E-state index contributed by atoms with van der Waals surface area (Å²) in [6, 6.07) is 18.6. The standard InChI is InChI=1S/C32H35FN4O6.C26H31BrN4O4/c1-19-14-20(6-10-24(19)30(39)35-22-8-9-22)26-17-34-29-25(36(12-13-41-5)31(40)43-32(2,3)4)16-23(18-37(26)29)42-28-15-21(33)7-11-27(28)38;1-16-12-17(6-9-20(16)24(32)29-19-7-8-19)22-14-28-23-21(13-18(27)15-31(22)23)30(10-11-34-5)25(33)35-26(2,3)4/h6-7,10-11,14-18,22,38H,8-9,12-13H2,1-5H3,(H,35,39);6,9,12-15,19H,7-8,10-11H2,1-5H3,(H,29,32). The molecular formula is C58H66BrFN8O10. The molecule has 0 atom stereocenters. The molecule has 412 valence electrons. The number of amides is 4. The van der Waals surface area contributed by atoms with E-state index in [0.29, 0.717) is 58.7 Å². The molecule has 78 heavy (non-hydrogen) atoms. The third-order valence-electron chi connectivity index (χ3n) is 12.5. The summed E-state index contributed by atoms with van der Waals surface area (Å²) in [4.78, 5) is 64.0. The molecule has 9 rings (SSSR count). The van der Waals surface area contributed by atoms with Crippen LogP contribution in [-0.2, 0) is 18.9 Å². The first-order chi connectivity index (χ1) is 37.0. The normalized spacial score (nSPS) is 13.4. The lowest BCUT2D eigenvalue weighted by Crippen LogP contribution is -2.39. The van der Waals surface area contributed by atoms with Gasteiger partial charge in [0.1, 0.15) is 22.8 Å². The number of aryl methyl sites for hydroxylation is 2. The molecule has 3 N–H and O–H groups in total. The quantitative estimate of drug-likeness (QED) is 0.0828. The molecule has 0 unspecified atom stereocenters. The number of anilines is 2. The molecule has 2 fully saturated rings. The molecule has 20 heteroatoms. The Morgan fingerprint density at radius 3 is 1.58 bits per heavy atom. The van der Waals surface area contributed by atoms with Gasteiger partial charge in [-0.15, -0.1) is 0 Å². The zero-order valence-electron chi connectivity index (χ0n) is 45.5. The Hall–Kier alpha value is -7.55. The predicted octanol–water partition coefficient (Wildman–Crippen LogP) is 11.6. The van der Waals surface area contributed by atoms with Crippen LogP contribution in [0.3, 0.4) is 0 Å². The van der Waals surface area contributed by atoms with Crippen molar-refractivity contribution in [2.75, 3.05) is 50.3 Å². The summed E-state index contributed by atoms with van der Waals surface area (Å²) in [7, 11) is 3.12. The Kier molecular flexibility index (Phi) is 17.1. The molecule has 18 nitrogen and oxygen atoms in total. The highest BCUT2D eigenvalue weighted by Crippen LogP contribution is 2.38. The Labute approximate surface area is 460 Å². The summed E-state index contributed by atoms with van der Waals surface area (Å²) in [5.74, 6) is -0.892. The molecule has 0 spiro atoms. The van der Waals surface area contributed by atoms with E-state index in [1.54, 1.807) is 67.9 Å². The van der Waals surface area contributed by atoms with Gasteiger partial charge in [-0.2, -0.15) is 0 Å². The van der Waals surface area contributed by atoms with Crippen LogP contribution in [0.25, 0.3) is 33.8 Å². The van der Waals surface area contributed by atoms with Gasteiger partial charge in [0.25, 0.3) is 11.8 Å². The first-order valence-electron chi connectivity index (χ1n) is 25.7.